The zero-order valence-electron chi connectivity index (χ0n) is 12.7. The van der Waals surface area contributed by atoms with E-state index in [0.29, 0.717) is 18.3 Å². The smallest absolute Gasteiger partial charge is 0.218 e. The van der Waals surface area contributed by atoms with Gasteiger partial charge >= 0.3 is 0 Å². The molecule has 0 aliphatic carbocycles. The Morgan fingerprint density at radius 1 is 1.25 bits per heavy atom. The van der Waals surface area contributed by atoms with Gasteiger partial charge in [-0.2, -0.15) is 4.98 Å². The van der Waals surface area contributed by atoms with Gasteiger partial charge in [0.1, 0.15) is 23.2 Å². The van der Waals surface area contributed by atoms with Gasteiger partial charge in [0, 0.05) is 11.6 Å². The van der Waals surface area contributed by atoms with Crippen LogP contribution in [0.1, 0.15) is 42.8 Å². The molecule has 2 aromatic heterocycles. The van der Waals surface area contributed by atoms with E-state index in [9.17, 15) is 0 Å². The Morgan fingerprint density at radius 2 is 2.00 bits per heavy atom. The highest BCUT2D eigenvalue weighted by molar-refractivity contribution is 5.42. The van der Waals surface area contributed by atoms with E-state index in [1.54, 1.807) is 0 Å². The van der Waals surface area contributed by atoms with Crippen molar-refractivity contribution < 1.29 is 9.15 Å². The summed E-state index contributed by atoms with van der Waals surface area (Å²) in [4.78, 5) is 8.62. The fourth-order valence-corrected chi connectivity index (χ4v) is 2.22. The molecule has 0 saturated carbocycles. The average molecular weight is 275 g/mol. The van der Waals surface area contributed by atoms with Crippen molar-refractivity contribution in [3.05, 3.63) is 35.0 Å². The molecule has 1 unspecified atom stereocenters. The van der Waals surface area contributed by atoms with Crippen LogP contribution in [-0.2, 0) is 0 Å². The van der Waals surface area contributed by atoms with Gasteiger partial charge in [-0.25, -0.2) is 4.98 Å². The number of nitrogens with one attached hydrogen (secondary N) is 1. The summed E-state index contributed by atoms with van der Waals surface area (Å²) in [5.74, 6) is 3.88. The Balaban J connectivity index is 2.18. The number of ether oxygens (including phenoxy) is 1. The van der Waals surface area contributed by atoms with Gasteiger partial charge in [-0.1, -0.05) is 0 Å². The molecule has 20 heavy (non-hydrogen) atoms. The van der Waals surface area contributed by atoms with E-state index in [0.717, 1.165) is 22.9 Å². The lowest BCUT2D eigenvalue weighted by Gasteiger charge is -2.15. The summed E-state index contributed by atoms with van der Waals surface area (Å²) in [7, 11) is 0. The van der Waals surface area contributed by atoms with Crippen molar-refractivity contribution in [2.75, 3.05) is 11.9 Å². The van der Waals surface area contributed by atoms with Crippen molar-refractivity contribution in [2.45, 2.75) is 40.7 Å². The molecule has 1 atom stereocenters. The van der Waals surface area contributed by atoms with Crippen molar-refractivity contribution >= 4 is 5.82 Å². The van der Waals surface area contributed by atoms with Crippen LogP contribution >= 0.6 is 0 Å². The summed E-state index contributed by atoms with van der Waals surface area (Å²) in [5.41, 5.74) is 1.14. The number of rotatable bonds is 5. The third-order valence-electron chi connectivity index (χ3n) is 3.02. The Labute approximate surface area is 119 Å². The van der Waals surface area contributed by atoms with Gasteiger partial charge in [-0.05, 0) is 40.7 Å². The van der Waals surface area contributed by atoms with Crippen LogP contribution in [0.2, 0.25) is 0 Å². The van der Waals surface area contributed by atoms with Gasteiger partial charge in [0.05, 0.1) is 12.6 Å². The lowest BCUT2D eigenvalue weighted by Crippen LogP contribution is -2.09. The number of aromatic nitrogens is 2. The Bertz CT molecular complexity index is 593. The lowest BCUT2D eigenvalue weighted by atomic mass is 10.1. The Kier molecular flexibility index (Phi) is 4.27. The molecular formula is C15H21N3O2. The standard InChI is InChI=1S/C15H21N3O2/c1-6-19-15-8-14(17-12(5)18-15)16-10(3)13-7-9(2)20-11(13)4/h7-8,10H,6H2,1-5H3,(H,16,17,18). The summed E-state index contributed by atoms with van der Waals surface area (Å²) in [5, 5.41) is 3.36. The van der Waals surface area contributed by atoms with Crippen molar-refractivity contribution in [3.63, 3.8) is 0 Å². The maximum absolute atomic E-state index is 5.56. The first-order valence-corrected chi connectivity index (χ1v) is 6.81. The highest BCUT2D eigenvalue weighted by Crippen LogP contribution is 2.25. The molecule has 2 heterocycles. The first-order chi connectivity index (χ1) is 9.49. The van der Waals surface area contributed by atoms with Gasteiger partial charge in [0.2, 0.25) is 5.88 Å². The van der Waals surface area contributed by atoms with Gasteiger partial charge < -0.3 is 14.5 Å². The molecule has 0 aliphatic heterocycles. The Morgan fingerprint density at radius 3 is 2.60 bits per heavy atom. The number of anilines is 1. The van der Waals surface area contributed by atoms with Crippen molar-refractivity contribution in [2.24, 2.45) is 0 Å². The van der Waals surface area contributed by atoms with Crippen molar-refractivity contribution in [1.82, 2.24) is 9.97 Å². The molecule has 5 heteroatoms. The van der Waals surface area contributed by atoms with Gasteiger partial charge in [0.25, 0.3) is 0 Å². The molecule has 2 aromatic rings. The molecule has 0 radical (unpaired) electrons. The average Bonchev–Trinajstić information content (AvgIpc) is 2.68. The minimum absolute atomic E-state index is 0.108. The zero-order chi connectivity index (χ0) is 14.7. The highest BCUT2D eigenvalue weighted by atomic mass is 16.5. The second-order valence-electron chi connectivity index (χ2n) is 4.81. The van der Waals surface area contributed by atoms with E-state index in [-0.39, 0.29) is 6.04 Å². The van der Waals surface area contributed by atoms with E-state index in [4.69, 9.17) is 9.15 Å². The molecule has 0 saturated heterocycles. The van der Waals surface area contributed by atoms with Crippen LogP contribution in [-0.4, -0.2) is 16.6 Å². The monoisotopic (exact) mass is 275 g/mol. The first-order valence-electron chi connectivity index (χ1n) is 6.81. The summed E-state index contributed by atoms with van der Waals surface area (Å²) < 4.78 is 11.0. The molecule has 0 spiro atoms. The van der Waals surface area contributed by atoms with E-state index in [2.05, 4.69) is 22.2 Å². The zero-order valence-corrected chi connectivity index (χ0v) is 12.7. The van der Waals surface area contributed by atoms with Crippen LogP contribution in [0.25, 0.3) is 0 Å². The van der Waals surface area contributed by atoms with Crippen LogP contribution in [0.15, 0.2) is 16.5 Å². The third kappa shape index (κ3) is 3.29. The number of hydrogen-bond acceptors (Lipinski definition) is 5. The third-order valence-corrected chi connectivity index (χ3v) is 3.02. The predicted octanol–water partition coefficient (Wildman–Crippen LogP) is 3.57. The number of nitrogens with zero attached hydrogens (tertiary/aromatic N) is 2. The largest absolute Gasteiger partial charge is 0.478 e. The van der Waals surface area contributed by atoms with Crippen molar-refractivity contribution in [1.29, 1.82) is 0 Å². The number of furan rings is 1. The van der Waals surface area contributed by atoms with Crippen LogP contribution in [0.5, 0.6) is 5.88 Å². The summed E-state index contributed by atoms with van der Waals surface area (Å²) in [6, 6.07) is 3.97. The minimum atomic E-state index is 0.108. The summed E-state index contributed by atoms with van der Waals surface area (Å²) >= 11 is 0. The normalized spacial score (nSPS) is 12.2. The van der Waals surface area contributed by atoms with E-state index in [1.165, 1.54) is 0 Å². The minimum Gasteiger partial charge on any atom is -0.478 e. The van der Waals surface area contributed by atoms with E-state index < -0.39 is 0 Å². The second kappa shape index (κ2) is 5.94. The van der Waals surface area contributed by atoms with Crippen molar-refractivity contribution in [3.8, 4) is 5.88 Å². The van der Waals surface area contributed by atoms with Gasteiger partial charge in [0.15, 0.2) is 0 Å². The van der Waals surface area contributed by atoms with Crippen LogP contribution in [0, 0.1) is 20.8 Å². The topological polar surface area (TPSA) is 60.2 Å². The Hall–Kier alpha value is -2.04. The summed E-state index contributed by atoms with van der Waals surface area (Å²) in [6.07, 6.45) is 0. The van der Waals surface area contributed by atoms with E-state index in [1.807, 2.05) is 39.8 Å². The lowest BCUT2D eigenvalue weighted by molar-refractivity contribution is 0.325. The van der Waals surface area contributed by atoms with Crippen LogP contribution < -0.4 is 10.1 Å². The first kappa shape index (κ1) is 14.4. The number of aryl methyl sites for hydroxylation is 3. The molecule has 108 valence electrons. The molecule has 0 aromatic carbocycles. The molecule has 0 amide bonds. The van der Waals surface area contributed by atoms with E-state index >= 15 is 0 Å². The fourth-order valence-electron chi connectivity index (χ4n) is 2.22. The van der Waals surface area contributed by atoms with Crippen LogP contribution in [0.3, 0.4) is 0 Å². The highest BCUT2D eigenvalue weighted by Gasteiger charge is 2.14. The summed E-state index contributed by atoms with van der Waals surface area (Å²) in [6.45, 7) is 10.4. The maximum Gasteiger partial charge on any atom is 0.218 e. The molecule has 2 rings (SSSR count). The molecule has 1 N–H and O–H groups in total. The quantitative estimate of drug-likeness (QED) is 0.904. The molecule has 0 bridgehead atoms. The number of hydrogen-bond donors (Lipinski definition) is 1. The molecule has 0 fully saturated rings. The van der Waals surface area contributed by atoms with Gasteiger partial charge in [-0.15, -0.1) is 0 Å². The maximum atomic E-state index is 5.56. The predicted molar refractivity (Wildman–Crippen MR) is 78.2 cm³/mol. The molecule has 0 aliphatic rings. The second-order valence-corrected chi connectivity index (χ2v) is 4.81. The molecular weight excluding hydrogens is 254 g/mol. The SMILES string of the molecule is CCOc1cc(NC(C)c2cc(C)oc2C)nc(C)n1. The van der Waals surface area contributed by atoms with Crippen LogP contribution in [0.4, 0.5) is 5.82 Å². The fraction of sp³-hybridized carbons (Fsp3) is 0.467. The molecule has 5 nitrogen and oxygen atoms in total. The van der Waals surface area contributed by atoms with Gasteiger partial charge in [-0.3, -0.25) is 0 Å².